The monoisotopic (exact) mass is 430 g/mol. The van der Waals surface area contributed by atoms with E-state index in [0.717, 1.165) is 0 Å². The van der Waals surface area contributed by atoms with Crippen LogP contribution in [0.3, 0.4) is 0 Å². The number of benzene rings is 1. The van der Waals surface area contributed by atoms with E-state index in [-0.39, 0.29) is 17.7 Å². The molecule has 0 unspecified atom stereocenters. The van der Waals surface area contributed by atoms with Crippen LogP contribution in [-0.2, 0) is 9.59 Å². The normalized spacial score (nSPS) is 11.2. The number of nitrogens with one attached hydrogen (secondary N) is 2. The number of alkyl halides is 2. The van der Waals surface area contributed by atoms with Gasteiger partial charge in [-0.2, -0.15) is 5.26 Å². The van der Waals surface area contributed by atoms with Crippen LogP contribution in [0.4, 0.5) is 16.2 Å². The van der Waals surface area contributed by atoms with Gasteiger partial charge < -0.3 is 25.7 Å². The minimum absolute atomic E-state index is 0.258. The molecule has 0 saturated carbocycles. The number of aliphatic carboxylic acids is 2. The Morgan fingerprint density at radius 2 is 1.82 bits per heavy atom. The van der Waals surface area contributed by atoms with Gasteiger partial charge in [-0.05, 0) is 24.6 Å². The Hall–Kier alpha value is -2.70. The van der Waals surface area contributed by atoms with E-state index in [0.29, 0.717) is 30.5 Å². The molecule has 0 aliphatic heterocycles. The number of hydrogen-bond donors (Lipinski definition) is 4. The van der Waals surface area contributed by atoms with E-state index in [4.69, 9.17) is 33.4 Å². The first-order valence-corrected chi connectivity index (χ1v) is 9.32. The SMILES string of the molecule is N#Cc1cc(NC(=O)N[C@@H](CCC(=O)O)C(=O)O)ccc1N(CCCl)CCCl. The van der Waals surface area contributed by atoms with E-state index in [9.17, 15) is 19.6 Å². The first-order chi connectivity index (χ1) is 13.3. The standard InChI is InChI=1S/C17H20Cl2N4O5/c18-5-7-23(8-6-19)14-3-1-12(9-11(14)10-20)21-17(28)22-13(16(26)27)2-4-15(24)25/h1,3,9,13H,2,4-8H2,(H,24,25)(H,26,27)(H2,21,22,28)/t13-/m0/s1. The van der Waals surface area contributed by atoms with E-state index in [2.05, 4.69) is 10.6 Å². The molecule has 152 valence electrons. The maximum atomic E-state index is 12.0. The maximum absolute atomic E-state index is 12.0. The number of rotatable bonds is 11. The van der Waals surface area contributed by atoms with Crippen molar-refractivity contribution < 1.29 is 24.6 Å². The van der Waals surface area contributed by atoms with Crippen LogP contribution in [0.25, 0.3) is 0 Å². The van der Waals surface area contributed by atoms with Crippen LogP contribution in [0.1, 0.15) is 18.4 Å². The van der Waals surface area contributed by atoms with Crippen LogP contribution in [0, 0.1) is 11.3 Å². The summed E-state index contributed by atoms with van der Waals surface area (Å²) in [4.78, 5) is 35.6. The number of amides is 2. The van der Waals surface area contributed by atoms with Crippen LogP contribution in [0.15, 0.2) is 18.2 Å². The Balaban J connectivity index is 2.88. The number of carbonyl (C=O) groups excluding carboxylic acids is 1. The minimum atomic E-state index is -1.35. The number of urea groups is 1. The number of hydrogen-bond acceptors (Lipinski definition) is 5. The van der Waals surface area contributed by atoms with Gasteiger partial charge in [-0.25, -0.2) is 9.59 Å². The summed E-state index contributed by atoms with van der Waals surface area (Å²) >= 11 is 11.6. The molecule has 1 rings (SSSR count). The molecule has 0 heterocycles. The van der Waals surface area contributed by atoms with Crippen molar-refractivity contribution in [3.8, 4) is 6.07 Å². The Morgan fingerprint density at radius 1 is 1.18 bits per heavy atom. The quantitative estimate of drug-likeness (QED) is 0.394. The van der Waals surface area contributed by atoms with E-state index >= 15 is 0 Å². The van der Waals surface area contributed by atoms with Crippen molar-refractivity contribution >= 4 is 52.5 Å². The third kappa shape index (κ3) is 7.50. The van der Waals surface area contributed by atoms with Crippen LogP contribution >= 0.6 is 23.2 Å². The van der Waals surface area contributed by atoms with E-state index in [1.165, 1.54) is 6.07 Å². The molecule has 0 spiro atoms. The van der Waals surface area contributed by atoms with Gasteiger partial charge in [-0.1, -0.05) is 0 Å². The largest absolute Gasteiger partial charge is 0.481 e. The summed E-state index contributed by atoms with van der Waals surface area (Å²) in [6.07, 6.45) is -0.659. The number of carbonyl (C=O) groups is 3. The molecule has 9 nitrogen and oxygen atoms in total. The lowest BCUT2D eigenvalue weighted by atomic mass is 10.1. The lowest BCUT2D eigenvalue weighted by molar-refractivity contribution is -0.140. The fourth-order valence-electron chi connectivity index (χ4n) is 2.39. The zero-order valence-corrected chi connectivity index (χ0v) is 16.3. The van der Waals surface area contributed by atoms with Crippen LogP contribution in [0.2, 0.25) is 0 Å². The maximum Gasteiger partial charge on any atom is 0.326 e. The number of carboxylic acid groups (broad SMARTS) is 2. The molecule has 0 aliphatic carbocycles. The molecule has 11 heteroatoms. The molecule has 0 bridgehead atoms. The Bertz CT molecular complexity index is 748. The molecule has 0 aliphatic rings. The number of anilines is 2. The Labute approximate surface area is 171 Å². The summed E-state index contributed by atoms with van der Waals surface area (Å²) in [5, 5.41) is 31.8. The average molecular weight is 431 g/mol. The molecular formula is C17H20Cl2N4O5. The number of halogens is 2. The topological polar surface area (TPSA) is 143 Å². The van der Waals surface area contributed by atoms with E-state index in [1.807, 2.05) is 11.0 Å². The van der Waals surface area contributed by atoms with Crippen molar-refractivity contribution in [1.29, 1.82) is 5.26 Å². The van der Waals surface area contributed by atoms with Gasteiger partial charge in [0.15, 0.2) is 0 Å². The van der Waals surface area contributed by atoms with Gasteiger partial charge in [0, 0.05) is 37.0 Å². The summed E-state index contributed by atoms with van der Waals surface area (Å²) in [6, 6.07) is 4.49. The summed E-state index contributed by atoms with van der Waals surface area (Å²) in [7, 11) is 0. The smallest absolute Gasteiger partial charge is 0.326 e. The van der Waals surface area contributed by atoms with Gasteiger partial charge in [0.05, 0.1) is 11.3 Å². The summed E-state index contributed by atoms with van der Waals surface area (Å²) < 4.78 is 0. The lowest BCUT2D eigenvalue weighted by Gasteiger charge is -2.24. The number of carboxylic acids is 2. The minimum Gasteiger partial charge on any atom is -0.481 e. The summed E-state index contributed by atoms with van der Waals surface area (Å²) in [5.41, 5.74) is 1.17. The molecule has 1 aromatic carbocycles. The van der Waals surface area contributed by atoms with Crippen molar-refractivity contribution in [2.45, 2.75) is 18.9 Å². The van der Waals surface area contributed by atoms with Crippen molar-refractivity contribution in [3.63, 3.8) is 0 Å². The lowest BCUT2D eigenvalue weighted by Crippen LogP contribution is -2.43. The molecule has 0 radical (unpaired) electrons. The fourth-order valence-corrected chi connectivity index (χ4v) is 2.79. The predicted octanol–water partition coefficient (Wildman–Crippen LogP) is 2.28. The molecule has 0 fully saturated rings. The van der Waals surface area contributed by atoms with Crippen molar-refractivity contribution in [3.05, 3.63) is 23.8 Å². The molecule has 0 aromatic heterocycles. The Kier molecular flexibility index (Phi) is 9.92. The molecular weight excluding hydrogens is 411 g/mol. The van der Waals surface area contributed by atoms with Gasteiger partial charge in [-0.15, -0.1) is 23.2 Å². The third-order valence-electron chi connectivity index (χ3n) is 3.67. The van der Waals surface area contributed by atoms with Gasteiger partial charge in [0.25, 0.3) is 0 Å². The summed E-state index contributed by atoms with van der Waals surface area (Å²) in [5.74, 6) is -1.82. The highest BCUT2D eigenvalue weighted by molar-refractivity contribution is 6.18. The highest BCUT2D eigenvalue weighted by Crippen LogP contribution is 2.24. The first kappa shape index (κ1) is 23.3. The zero-order valence-electron chi connectivity index (χ0n) is 14.8. The molecule has 2 amide bonds. The van der Waals surface area contributed by atoms with Crippen LogP contribution in [-0.4, -0.2) is 59.1 Å². The predicted molar refractivity (Wildman–Crippen MR) is 105 cm³/mol. The molecule has 4 N–H and O–H groups in total. The second kappa shape index (κ2) is 11.9. The van der Waals surface area contributed by atoms with Crippen LogP contribution in [0.5, 0.6) is 0 Å². The van der Waals surface area contributed by atoms with Gasteiger partial charge in [0.1, 0.15) is 12.1 Å². The van der Waals surface area contributed by atoms with Crippen molar-refractivity contribution in [1.82, 2.24) is 5.32 Å². The van der Waals surface area contributed by atoms with Gasteiger partial charge >= 0.3 is 18.0 Å². The highest BCUT2D eigenvalue weighted by Gasteiger charge is 2.21. The highest BCUT2D eigenvalue weighted by atomic mass is 35.5. The molecule has 0 saturated heterocycles. The van der Waals surface area contributed by atoms with Gasteiger partial charge in [0.2, 0.25) is 0 Å². The summed E-state index contributed by atoms with van der Waals surface area (Å²) in [6.45, 7) is 0.972. The average Bonchev–Trinajstić information content (AvgIpc) is 2.64. The van der Waals surface area contributed by atoms with Crippen LogP contribution < -0.4 is 15.5 Å². The first-order valence-electron chi connectivity index (χ1n) is 8.25. The van der Waals surface area contributed by atoms with Crippen molar-refractivity contribution in [2.75, 3.05) is 35.1 Å². The van der Waals surface area contributed by atoms with E-state index in [1.54, 1.807) is 12.1 Å². The van der Waals surface area contributed by atoms with E-state index < -0.39 is 30.4 Å². The van der Waals surface area contributed by atoms with Gasteiger partial charge in [-0.3, -0.25) is 4.79 Å². The molecule has 1 aromatic rings. The number of nitrogens with zero attached hydrogens (tertiary/aromatic N) is 2. The number of nitriles is 1. The third-order valence-corrected chi connectivity index (χ3v) is 4.01. The Morgan fingerprint density at radius 3 is 2.32 bits per heavy atom. The fraction of sp³-hybridized carbons (Fsp3) is 0.412. The zero-order chi connectivity index (χ0) is 21.1. The second-order valence-electron chi connectivity index (χ2n) is 5.63. The van der Waals surface area contributed by atoms with Crippen molar-refractivity contribution in [2.24, 2.45) is 0 Å². The molecule has 28 heavy (non-hydrogen) atoms. The second-order valence-corrected chi connectivity index (χ2v) is 6.39. The molecule has 1 atom stereocenters.